The Hall–Kier alpha value is -2.80. The van der Waals surface area contributed by atoms with Gasteiger partial charge in [-0.25, -0.2) is 0 Å². The molecule has 156 valence electrons. The lowest BCUT2D eigenvalue weighted by atomic mass is 10.0. The van der Waals surface area contributed by atoms with Crippen LogP contribution < -0.4 is 10.6 Å². The van der Waals surface area contributed by atoms with Crippen LogP contribution in [0, 0.1) is 0 Å². The molecular weight excluding hydrogens is 396 g/mol. The van der Waals surface area contributed by atoms with Crippen LogP contribution >= 0.6 is 11.6 Å². The Morgan fingerprint density at radius 1 is 1.14 bits per heavy atom. The molecule has 1 aromatic heterocycles. The zero-order valence-corrected chi connectivity index (χ0v) is 17.2. The Bertz CT molecular complexity index is 820. The van der Waals surface area contributed by atoms with Crippen LogP contribution in [0.3, 0.4) is 0 Å². The zero-order chi connectivity index (χ0) is 21.2. The second kappa shape index (κ2) is 11.3. The third-order valence-electron chi connectivity index (χ3n) is 3.96. The van der Waals surface area contributed by atoms with Gasteiger partial charge >= 0.3 is 5.97 Å². The highest BCUT2D eigenvalue weighted by molar-refractivity contribution is 6.31. The smallest absolute Gasteiger partial charge is 0.308 e. The Morgan fingerprint density at radius 2 is 1.90 bits per heavy atom. The molecule has 2 amide bonds. The summed E-state index contributed by atoms with van der Waals surface area (Å²) in [6.07, 6.45) is 1.76. The predicted octanol–water partition coefficient (Wildman–Crippen LogP) is 3.64. The van der Waals surface area contributed by atoms with Crippen LogP contribution in [0.2, 0.25) is 5.02 Å². The number of hydrogen-bond acceptors (Lipinski definition) is 5. The van der Waals surface area contributed by atoms with Crippen molar-refractivity contribution in [3.63, 3.8) is 0 Å². The maximum atomic E-state index is 12.4. The van der Waals surface area contributed by atoms with E-state index < -0.39 is 12.0 Å². The monoisotopic (exact) mass is 420 g/mol. The van der Waals surface area contributed by atoms with Gasteiger partial charge in [0.2, 0.25) is 5.91 Å². The standard InChI is InChI=1S/C21H25ClN2O5/c1-14(2)29-20(26)13-17(15-7-3-4-8-16(15)22)24-19(25)10-5-11-23-21(27)18-9-6-12-28-18/h3-4,6-9,12,14,17H,5,10-11,13H2,1-2H3,(H,23,27)(H,24,25). The second-order valence-corrected chi connectivity index (χ2v) is 7.13. The molecule has 1 aromatic carbocycles. The van der Waals surface area contributed by atoms with Crippen LogP contribution in [0.15, 0.2) is 47.1 Å². The number of esters is 1. The molecule has 2 N–H and O–H groups in total. The van der Waals surface area contributed by atoms with E-state index in [-0.39, 0.29) is 36.5 Å². The summed E-state index contributed by atoms with van der Waals surface area (Å²) in [5.41, 5.74) is 0.648. The molecule has 2 aromatic rings. The van der Waals surface area contributed by atoms with Crippen LogP contribution in [-0.2, 0) is 14.3 Å². The second-order valence-electron chi connectivity index (χ2n) is 6.72. The summed E-state index contributed by atoms with van der Waals surface area (Å²) in [6.45, 7) is 3.84. The van der Waals surface area contributed by atoms with Gasteiger partial charge in [0, 0.05) is 18.0 Å². The normalized spacial score (nSPS) is 11.7. The summed E-state index contributed by atoms with van der Waals surface area (Å²) in [5.74, 6) is -0.784. The van der Waals surface area contributed by atoms with Crippen molar-refractivity contribution in [3.05, 3.63) is 59.0 Å². The first-order valence-corrected chi connectivity index (χ1v) is 9.79. The molecule has 0 saturated carbocycles. The Labute approximate surface area is 174 Å². The van der Waals surface area contributed by atoms with E-state index in [4.69, 9.17) is 20.8 Å². The summed E-state index contributed by atoms with van der Waals surface area (Å²) in [5, 5.41) is 5.98. The van der Waals surface area contributed by atoms with Gasteiger partial charge in [-0.1, -0.05) is 29.8 Å². The molecule has 1 unspecified atom stereocenters. The molecule has 0 spiro atoms. The van der Waals surface area contributed by atoms with Gasteiger partial charge in [-0.2, -0.15) is 0 Å². The first kappa shape index (κ1) is 22.5. The van der Waals surface area contributed by atoms with Gasteiger partial charge in [0.05, 0.1) is 24.8 Å². The maximum absolute atomic E-state index is 12.4. The minimum atomic E-state index is -0.597. The highest BCUT2D eigenvalue weighted by Gasteiger charge is 2.22. The fraction of sp³-hybridized carbons (Fsp3) is 0.381. The molecule has 7 nitrogen and oxygen atoms in total. The predicted molar refractivity (Wildman–Crippen MR) is 108 cm³/mol. The molecule has 0 bridgehead atoms. The minimum Gasteiger partial charge on any atom is -0.463 e. The summed E-state index contributed by atoms with van der Waals surface area (Å²) < 4.78 is 10.2. The number of carbonyl (C=O) groups excluding carboxylic acids is 3. The number of halogens is 1. The number of furan rings is 1. The van der Waals surface area contributed by atoms with Crippen LogP contribution in [0.25, 0.3) is 0 Å². The Balaban J connectivity index is 1.88. The van der Waals surface area contributed by atoms with E-state index in [0.29, 0.717) is 23.6 Å². The van der Waals surface area contributed by atoms with E-state index >= 15 is 0 Å². The molecule has 1 atom stereocenters. The Kier molecular flexibility index (Phi) is 8.73. The van der Waals surface area contributed by atoms with Crippen molar-refractivity contribution in [1.29, 1.82) is 0 Å². The number of carbonyl (C=O) groups is 3. The van der Waals surface area contributed by atoms with Gasteiger partial charge in [-0.3, -0.25) is 14.4 Å². The average molecular weight is 421 g/mol. The molecule has 0 aliphatic carbocycles. The van der Waals surface area contributed by atoms with Gasteiger partial charge in [0.15, 0.2) is 5.76 Å². The highest BCUT2D eigenvalue weighted by Crippen LogP contribution is 2.25. The molecular formula is C21H25ClN2O5. The summed E-state index contributed by atoms with van der Waals surface area (Å²) in [4.78, 5) is 36.3. The first-order chi connectivity index (χ1) is 13.9. The highest BCUT2D eigenvalue weighted by atomic mass is 35.5. The van der Waals surface area contributed by atoms with E-state index in [1.807, 2.05) is 0 Å². The van der Waals surface area contributed by atoms with E-state index in [1.54, 1.807) is 50.2 Å². The number of nitrogens with one attached hydrogen (secondary N) is 2. The van der Waals surface area contributed by atoms with E-state index in [9.17, 15) is 14.4 Å². The van der Waals surface area contributed by atoms with Crippen LogP contribution in [0.5, 0.6) is 0 Å². The lowest BCUT2D eigenvalue weighted by Crippen LogP contribution is -2.32. The van der Waals surface area contributed by atoms with Crippen molar-refractivity contribution >= 4 is 29.4 Å². The fourth-order valence-corrected chi connectivity index (χ4v) is 2.95. The number of amides is 2. The van der Waals surface area contributed by atoms with E-state index in [0.717, 1.165) is 0 Å². The van der Waals surface area contributed by atoms with Gasteiger partial charge in [-0.05, 0) is 44.0 Å². The average Bonchev–Trinajstić information content (AvgIpc) is 3.19. The first-order valence-electron chi connectivity index (χ1n) is 9.41. The third-order valence-corrected chi connectivity index (χ3v) is 4.31. The summed E-state index contributed by atoms with van der Waals surface area (Å²) in [7, 11) is 0. The topological polar surface area (TPSA) is 97.6 Å². The van der Waals surface area contributed by atoms with Crippen LogP contribution in [-0.4, -0.2) is 30.4 Å². The van der Waals surface area contributed by atoms with Gasteiger partial charge in [0.1, 0.15) is 0 Å². The fourth-order valence-electron chi connectivity index (χ4n) is 2.69. The largest absolute Gasteiger partial charge is 0.463 e. The van der Waals surface area contributed by atoms with Gasteiger partial charge in [-0.15, -0.1) is 0 Å². The quantitative estimate of drug-likeness (QED) is 0.451. The number of ether oxygens (including phenoxy) is 1. The molecule has 1 heterocycles. The Morgan fingerprint density at radius 3 is 2.55 bits per heavy atom. The molecule has 0 radical (unpaired) electrons. The number of benzene rings is 1. The van der Waals surface area contributed by atoms with Gasteiger partial charge < -0.3 is 19.8 Å². The van der Waals surface area contributed by atoms with Crippen molar-refractivity contribution in [2.24, 2.45) is 0 Å². The van der Waals surface area contributed by atoms with Crippen molar-refractivity contribution in [2.45, 2.75) is 45.3 Å². The lowest BCUT2D eigenvalue weighted by Gasteiger charge is -2.20. The van der Waals surface area contributed by atoms with Crippen molar-refractivity contribution in [3.8, 4) is 0 Å². The van der Waals surface area contributed by atoms with Gasteiger partial charge in [0.25, 0.3) is 5.91 Å². The summed E-state index contributed by atoms with van der Waals surface area (Å²) in [6, 6.07) is 9.62. The minimum absolute atomic E-state index is 0.0249. The molecule has 0 aliphatic rings. The zero-order valence-electron chi connectivity index (χ0n) is 16.4. The third kappa shape index (κ3) is 7.62. The van der Waals surface area contributed by atoms with Crippen LogP contribution in [0.1, 0.15) is 55.3 Å². The van der Waals surface area contributed by atoms with Crippen LogP contribution in [0.4, 0.5) is 0 Å². The lowest BCUT2D eigenvalue weighted by molar-refractivity contribution is -0.148. The van der Waals surface area contributed by atoms with Crippen molar-refractivity contribution in [1.82, 2.24) is 10.6 Å². The molecule has 8 heteroatoms. The van der Waals surface area contributed by atoms with E-state index in [2.05, 4.69) is 10.6 Å². The van der Waals surface area contributed by atoms with Crippen molar-refractivity contribution < 1.29 is 23.5 Å². The summed E-state index contributed by atoms with van der Waals surface area (Å²) >= 11 is 6.24. The molecule has 0 aliphatic heterocycles. The number of hydrogen-bond donors (Lipinski definition) is 2. The molecule has 2 rings (SSSR count). The number of rotatable bonds is 10. The molecule has 0 fully saturated rings. The SMILES string of the molecule is CC(C)OC(=O)CC(NC(=O)CCCNC(=O)c1ccco1)c1ccccc1Cl. The van der Waals surface area contributed by atoms with E-state index in [1.165, 1.54) is 6.26 Å². The molecule has 0 saturated heterocycles. The van der Waals surface area contributed by atoms with Crippen molar-refractivity contribution in [2.75, 3.05) is 6.54 Å². The molecule has 29 heavy (non-hydrogen) atoms. The maximum Gasteiger partial charge on any atom is 0.308 e.